The summed E-state index contributed by atoms with van der Waals surface area (Å²) in [5, 5.41) is 2.84. The summed E-state index contributed by atoms with van der Waals surface area (Å²) in [7, 11) is 3.35. The van der Waals surface area contributed by atoms with Gasteiger partial charge in [0.2, 0.25) is 5.91 Å². The second kappa shape index (κ2) is 9.15. The number of nitrogens with one attached hydrogen (secondary N) is 1. The lowest BCUT2D eigenvalue weighted by Gasteiger charge is -2.17. The first-order valence-electron chi connectivity index (χ1n) is 8.04. The van der Waals surface area contributed by atoms with Crippen molar-refractivity contribution in [3.8, 4) is 11.5 Å². The molecule has 140 valence electrons. The minimum Gasteiger partial charge on any atom is -0.495 e. The van der Waals surface area contributed by atoms with E-state index in [9.17, 15) is 13.6 Å². The third-order valence-electron chi connectivity index (χ3n) is 3.64. The van der Waals surface area contributed by atoms with Gasteiger partial charge in [-0.25, -0.2) is 0 Å². The fourth-order valence-electron chi connectivity index (χ4n) is 2.50. The summed E-state index contributed by atoms with van der Waals surface area (Å²) in [6, 6.07) is 11.9. The molecular formula is C19H22F2N2O3. The summed E-state index contributed by atoms with van der Waals surface area (Å²) in [5.74, 6) is 0.533. The fraction of sp³-hybridized carbons (Fsp3) is 0.316. The van der Waals surface area contributed by atoms with Crippen LogP contribution in [0.25, 0.3) is 0 Å². The topological polar surface area (TPSA) is 50.8 Å². The van der Waals surface area contributed by atoms with E-state index < -0.39 is 6.61 Å². The average molecular weight is 364 g/mol. The lowest BCUT2D eigenvalue weighted by molar-refractivity contribution is -0.117. The Bertz CT molecular complexity index is 736. The van der Waals surface area contributed by atoms with Crippen molar-refractivity contribution in [2.75, 3.05) is 26.0 Å². The van der Waals surface area contributed by atoms with Crippen LogP contribution in [0.1, 0.15) is 11.1 Å². The summed E-state index contributed by atoms with van der Waals surface area (Å²) >= 11 is 0. The van der Waals surface area contributed by atoms with Gasteiger partial charge in [0.15, 0.2) is 0 Å². The zero-order chi connectivity index (χ0) is 19.1. The summed E-state index contributed by atoms with van der Waals surface area (Å²) in [6.45, 7) is -0.242. The number of benzene rings is 2. The van der Waals surface area contributed by atoms with E-state index in [1.807, 2.05) is 24.0 Å². The summed E-state index contributed by atoms with van der Waals surface area (Å²) in [6.07, 6.45) is 0. The van der Waals surface area contributed by atoms with Crippen molar-refractivity contribution in [3.63, 3.8) is 0 Å². The molecule has 0 unspecified atom stereocenters. The monoisotopic (exact) mass is 364 g/mol. The number of carbonyl (C=O) groups excluding carboxylic acids is 1. The van der Waals surface area contributed by atoms with Crippen LogP contribution >= 0.6 is 0 Å². The van der Waals surface area contributed by atoms with Gasteiger partial charge < -0.3 is 14.8 Å². The van der Waals surface area contributed by atoms with Gasteiger partial charge in [-0.1, -0.05) is 18.2 Å². The van der Waals surface area contributed by atoms with Crippen LogP contribution in [0.5, 0.6) is 11.5 Å². The molecule has 0 spiro atoms. The molecule has 0 heterocycles. The van der Waals surface area contributed by atoms with Crippen LogP contribution in [0, 0.1) is 6.92 Å². The van der Waals surface area contributed by atoms with Crippen molar-refractivity contribution >= 4 is 11.6 Å². The minimum atomic E-state index is -2.84. The number of rotatable bonds is 8. The number of hydrogen-bond acceptors (Lipinski definition) is 4. The molecule has 0 fully saturated rings. The largest absolute Gasteiger partial charge is 0.495 e. The summed E-state index contributed by atoms with van der Waals surface area (Å²) in [5.41, 5.74) is 2.52. The number of methoxy groups -OCH3 is 1. The summed E-state index contributed by atoms with van der Waals surface area (Å²) < 4.78 is 33.9. The maximum atomic E-state index is 12.3. The highest BCUT2D eigenvalue weighted by molar-refractivity contribution is 5.93. The molecule has 0 aliphatic heterocycles. The normalized spacial score (nSPS) is 10.9. The van der Waals surface area contributed by atoms with Gasteiger partial charge in [-0.2, -0.15) is 8.78 Å². The molecular weight excluding hydrogens is 342 g/mol. The number of amides is 1. The molecule has 0 aliphatic carbocycles. The minimum absolute atomic E-state index is 0.107. The van der Waals surface area contributed by atoms with E-state index in [0.717, 1.165) is 11.1 Å². The van der Waals surface area contributed by atoms with Crippen LogP contribution in [0.4, 0.5) is 14.5 Å². The zero-order valence-corrected chi connectivity index (χ0v) is 15.0. The maximum absolute atomic E-state index is 12.3. The number of likely N-dealkylation sites (N-methyl/N-ethyl adjacent to an activating group) is 1. The number of nitrogens with zero attached hydrogens (tertiary/aromatic N) is 1. The lowest BCUT2D eigenvalue weighted by atomic mass is 10.2. The van der Waals surface area contributed by atoms with E-state index >= 15 is 0 Å². The summed E-state index contributed by atoms with van der Waals surface area (Å²) in [4.78, 5) is 14.1. The average Bonchev–Trinajstić information content (AvgIpc) is 2.56. The number of ether oxygens (including phenoxy) is 2. The van der Waals surface area contributed by atoms with Crippen LogP contribution in [-0.2, 0) is 11.3 Å². The number of carbonyl (C=O) groups is 1. The van der Waals surface area contributed by atoms with Crippen molar-refractivity contribution in [1.29, 1.82) is 0 Å². The standard InChI is InChI=1S/C19H22F2N2O3/c1-13-4-9-17(25-3)16(10-13)22-18(24)12-23(2)11-14-5-7-15(8-6-14)26-19(20)21/h4-10,19H,11-12H2,1-3H3,(H,22,24). The quantitative estimate of drug-likeness (QED) is 0.776. The Morgan fingerprint density at radius 1 is 1.19 bits per heavy atom. The highest BCUT2D eigenvalue weighted by atomic mass is 19.3. The fourth-order valence-corrected chi connectivity index (χ4v) is 2.50. The Morgan fingerprint density at radius 3 is 2.50 bits per heavy atom. The van der Waals surface area contributed by atoms with Gasteiger partial charge in [0.05, 0.1) is 19.3 Å². The molecule has 26 heavy (non-hydrogen) atoms. The highest BCUT2D eigenvalue weighted by Gasteiger charge is 2.11. The van der Waals surface area contributed by atoms with Crippen LogP contribution in [0.15, 0.2) is 42.5 Å². The van der Waals surface area contributed by atoms with Gasteiger partial charge >= 0.3 is 6.61 Å². The first-order valence-corrected chi connectivity index (χ1v) is 8.04. The molecule has 0 aliphatic rings. The van der Waals surface area contributed by atoms with Crippen LogP contribution < -0.4 is 14.8 Å². The molecule has 0 saturated heterocycles. The van der Waals surface area contributed by atoms with Gasteiger partial charge in [0.1, 0.15) is 11.5 Å². The zero-order valence-electron chi connectivity index (χ0n) is 15.0. The molecule has 2 aromatic carbocycles. The van der Waals surface area contributed by atoms with Crippen molar-refractivity contribution in [3.05, 3.63) is 53.6 Å². The van der Waals surface area contributed by atoms with E-state index in [-0.39, 0.29) is 18.2 Å². The molecule has 0 saturated carbocycles. The van der Waals surface area contributed by atoms with E-state index in [1.54, 1.807) is 32.4 Å². The maximum Gasteiger partial charge on any atom is 0.387 e. The molecule has 2 aromatic rings. The Kier molecular flexibility index (Phi) is 6.91. The predicted octanol–water partition coefficient (Wildman–Crippen LogP) is 3.68. The second-order valence-electron chi connectivity index (χ2n) is 5.95. The molecule has 0 aromatic heterocycles. The van der Waals surface area contributed by atoms with E-state index in [0.29, 0.717) is 18.0 Å². The molecule has 1 amide bonds. The number of hydrogen-bond donors (Lipinski definition) is 1. The van der Waals surface area contributed by atoms with Crippen molar-refractivity contribution in [2.24, 2.45) is 0 Å². The van der Waals surface area contributed by atoms with Crippen molar-refractivity contribution in [1.82, 2.24) is 4.90 Å². The van der Waals surface area contributed by atoms with E-state index in [2.05, 4.69) is 10.1 Å². The number of anilines is 1. The van der Waals surface area contributed by atoms with E-state index in [1.165, 1.54) is 12.1 Å². The van der Waals surface area contributed by atoms with Gasteiger partial charge in [0.25, 0.3) is 0 Å². The number of aryl methyl sites for hydroxylation is 1. The molecule has 1 N–H and O–H groups in total. The number of halogens is 2. The smallest absolute Gasteiger partial charge is 0.387 e. The first kappa shape index (κ1) is 19.7. The molecule has 0 atom stereocenters. The molecule has 7 heteroatoms. The van der Waals surface area contributed by atoms with Crippen molar-refractivity contribution < 1.29 is 23.0 Å². The molecule has 0 bridgehead atoms. The van der Waals surface area contributed by atoms with Crippen LogP contribution in [0.2, 0.25) is 0 Å². The Hall–Kier alpha value is -2.67. The second-order valence-corrected chi connectivity index (χ2v) is 5.95. The molecule has 0 radical (unpaired) electrons. The molecule has 5 nitrogen and oxygen atoms in total. The predicted molar refractivity (Wildman–Crippen MR) is 95.8 cm³/mol. The van der Waals surface area contributed by atoms with Gasteiger partial charge in [-0.3, -0.25) is 9.69 Å². The van der Waals surface area contributed by atoms with Crippen LogP contribution in [-0.4, -0.2) is 38.1 Å². The third-order valence-corrected chi connectivity index (χ3v) is 3.64. The third kappa shape index (κ3) is 6.00. The van der Waals surface area contributed by atoms with Crippen molar-refractivity contribution in [2.45, 2.75) is 20.1 Å². The van der Waals surface area contributed by atoms with Gasteiger partial charge in [0, 0.05) is 6.54 Å². The highest BCUT2D eigenvalue weighted by Crippen LogP contribution is 2.25. The Balaban J connectivity index is 1.90. The van der Waals surface area contributed by atoms with Crippen LogP contribution in [0.3, 0.4) is 0 Å². The number of alkyl halides is 2. The Morgan fingerprint density at radius 2 is 1.88 bits per heavy atom. The SMILES string of the molecule is COc1ccc(C)cc1NC(=O)CN(C)Cc1ccc(OC(F)F)cc1. The lowest BCUT2D eigenvalue weighted by Crippen LogP contribution is -2.30. The van der Waals surface area contributed by atoms with Gasteiger partial charge in [-0.05, 0) is 49.4 Å². The van der Waals surface area contributed by atoms with E-state index in [4.69, 9.17) is 4.74 Å². The molecule has 2 rings (SSSR count). The van der Waals surface area contributed by atoms with Gasteiger partial charge in [-0.15, -0.1) is 0 Å². The Labute approximate surface area is 151 Å². The first-order chi connectivity index (χ1) is 12.4.